The number of nitrogens with zero attached hydrogens (tertiary/aromatic N) is 1. The van der Waals surface area contributed by atoms with Crippen LogP contribution in [-0.4, -0.2) is 43.2 Å². The van der Waals surface area contributed by atoms with Crippen LogP contribution in [-0.2, 0) is 4.74 Å². The molecule has 1 fully saturated rings. The number of nitro groups is 1. The maximum atomic E-state index is 12.3. The van der Waals surface area contributed by atoms with Crippen molar-refractivity contribution in [2.45, 2.75) is 18.4 Å². The van der Waals surface area contributed by atoms with Crippen molar-refractivity contribution in [3.63, 3.8) is 0 Å². The monoisotopic (exact) mass is 327 g/mol. The Kier molecular flexibility index (Phi) is 5.33. The third-order valence-electron chi connectivity index (χ3n) is 3.74. The standard InChI is InChI=1S/C14H18ClN3O4/c1-22-9-14(5-2-6-17-14)8-16-13(19)11-7-10(15)3-4-12(11)18(20)21/h3-4,7,17H,2,5-6,8-9H2,1H3,(H,16,19). The molecule has 1 atom stereocenters. The molecule has 120 valence electrons. The summed E-state index contributed by atoms with van der Waals surface area (Å²) in [6, 6.07) is 3.93. The van der Waals surface area contributed by atoms with Gasteiger partial charge in [0, 0.05) is 24.7 Å². The van der Waals surface area contributed by atoms with E-state index < -0.39 is 10.8 Å². The molecule has 0 spiro atoms. The van der Waals surface area contributed by atoms with Crippen molar-refractivity contribution in [2.24, 2.45) is 0 Å². The van der Waals surface area contributed by atoms with E-state index in [-0.39, 0.29) is 21.8 Å². The smallest absolute Gasteiger partial charge is 0.282 e. The quantitative estimate of drug-likeness (QED) is 0.613. The van der Waals surface area contributed by atoms with Crippen molar-refractivity contribution < 1.29 is 14.5 Å². The highest BCUT2D eigenvalue weighted by Gasteiger charge is 2.34. The van der Waals surface area contributed by atoms with Crippen LogP contribution in [0.4, 0.5) is 5.69 Å². The van der Waals surface area contributed by atoms with Gasteiger partial charge < -0.3 is 15.4 Å². The lowest BCUT2D eigenvalue weighted by Gasteiger charge is -2.28. The van der Waals surface area contributed by atoms with Gasteiger partial charge in [-0.2, -0.15) is 0 Å². The van der Waals surface area contributed by atoms with E-state index in [2.05, 4.69) is 10.6 Å². The highest BCUT2D eigenvalue weighted by molar-refractivity contribution is 6.31. The summed E-state index contributed by atoms with van der Waals surface area (Å²) in [5, 5.41) is 17.4. The fraction of sp³-hybridized carbons (Fsp3) is 0.500. The molecule has 2 rings (SSSR count). The average Bonchev–Trinajstić information content (AvgIpc) is 2.94. The first-order valence-electron chi connectivity index (χ1n) is 6.93. The van der Waals surface area contributed by atoms with Gasteiger partial charge in [0.1, 0.15) is 5.56 Å². The molecule has 1 unspecified atom stereocenters. The van der Waals surface area contributed by atoms with Gasteiger partial charge in [0.2, 0.25) is 0 Å². The maximum Gasteiger partial charge on any atom is 0.282 e. The second-order valence-corrected chi connectivity index (χ2v) is 5.78. The molecule has 1 saturated heterocycles. The fourth-order valence-corrected chi connectivity index (χ4v) is 2.84. The van der Waals surface area contributed by atoms with E-state index in [0.29, 0.717) is 13.2 Å². The Bertz CT molecular complexity index is 573. The van der Waals surface area contributed by atoms with Crippen LogP contribution in [0.25, 0.3) is 0 Å². The number of ether oxygens (including phenoxy) is 1. The van der Waals surface area contributed by atoms with Gasteiger partial charge in [0.25, 0.3) is 11.6 Å². The summed E-state index contributed by atoms with van der Waals surface area (Å²) in [6.07, 6.45) is 1.87. The van der Waals surface area contributed by atoms with Crippen molar-refractivity contribution in [1.29, 1.82) is 0 Å². The van der Waals surface area contributed by atoms with E-state index in [1.165, 1.54) is 18.2 Å². The van der Waals surface area contributed by atoms with Crippen LogP contribution in [0.15, 0.2) is 18.2 Å². The first-order chi connectivity index (χ1) is 10.5. The van der Waals surface area contributed by atoms with Crippen molar-refractivity contribution in [3.8, 4) is 0 Å². The number of halogens is 1. The van der Waals surface area contributed by atoms with Gasteiger partial charge >= 0.3 is 0 Å². The third-order valence-corrected chi connectivity index (χ3v) is 3.98. The number of carbonyl (C=O) groups is 1. The Balaban J connectivity index is 2.12. The molecular weight excluding hydrogens is 310 g/mol. The van der Waals surface area contributed by atoms with Gasteiger partial charge in [-0.05, 0) is 31.5 Å². The summed E-state index contributed by atoms with van der Waals surface area (Å²) in [7, 11) is 1.60. The molecule has 0 radical (unpaired) electrons. The van der Waals surface area contributed by atoms with Crippen molar-refractivity contribution in [1.82, 2.24) is 10.6 Å². The van der Waals surface area contributed by atoms with Crippen LogP contribution in [0.1, 0.15) is 23.2 Å². The lowest BCUT2D eigenvalue weighted by molar-refractivity contribution is -0.385. The Hall–Kier alpha value is -1.70. The van der Waals surface area contributed by atoms with Crippen molar-refractivity contribution in [2.75, 3.05) is 26.8 Å². The SMILES string of the molecule is COCC1(CNC(=O)c2cc(Cl)ccc2[N+](=O)[O-])CCCN1. The van der Waals surface area contributed by atoms with Gasteiger partial charge in [-0.15, -0.1) is 0 Å². The summed E-state index contributed by atoms with van der Waals surface area (Å²) in [5.74, 6) is -0.515. The number of hydrogen-bond donors (Lipinski definition) is 2. The summed E-state index contributed by atoms with van der Waals surface area (Å²) in [4.78, 5) is 22.7. The Morgan fingerprint density at radius 3 is 2.95 bits per heavy atom. The molecular formula is C14H18ClN3O4. The number of carbonyl (C=O) groups excluding carboxylic acids is 1. The largest absolute Gasteiger partial charge is 0.383 e. The molecule has 0 bridgehead atoms. The number of nitrogens with one attached hydrogen (secondary N) is 2. The van der Waals surface area contributed by atoms with E-state index in [0.717, 1.165) is 19.4 Å². The lowest BCUT2D eigenvalue weighted by Crippen LogP contribution is -2.53. The van der Waals surface area contributed by atoms with Crippen LogP contribution < -0.4 is 10.6 Å². The van der Waals surface area contributed by atoms with E-state index in [9.17, 15) is 14.9 Å². The highest BCUT2D eigenvalue weighted by atomic mass is 35.5. The molecule has 1 amide bonds. The predicted molar refractivity (Wildman–Crippen MR) is 82.3 cm³/mol. The van der Waals surface area contributed by atoms with Crippen molar-refractivity contribution in [3.05, 3.63) is 38.9 Å². The first-order valence-corrected chi connectivity index (χ1v) is 7.31. The molecule has 1 aliphatic heterocycles. The highest BCUT2D eigenvalue weighted by Crippen LogP contribution is 2.23. The topological polar surface area (TPSA) is 93.5 Å². The normalized spacial score (nSPS) is 20.8. The molecule has 0 aromatic heterocycles. The average molecular weight is 328 g/mol. The van der Waals surface area contributed by atoms with E-state index >= 15 is 0 Å². The van der Waals surface area contributed by atoms with Crippen LogP contribution in [0.3, 0.4) is 0 Å². The minimum Gasteiger partial charge on any atom is -0.383 e. The zero-order valence-corrected chi connectivity index (χ0v) is 13.0. The Morgan fingerprint density at radius 2 is 2.36 bits per heavy atom. The van der Waals surface area contributed by atoms with Gasteiger partial charge in [-0.25, -0.2) is 0 Å². The van der Waals surface area contributed by atoms with Crippen LogP contribution in [0.2, 0.25) is 5.02 Å². The Labute approximate surface area is 133 Å². The van der Waals surface area contributed by atoms with E-state index in [4.69, 9.17) is 16.3 Å². The number of nitro benzene ring substituents is 1. The minimum absolute atomic E-state index is 0.0388. The summed E-state index contributed by atoms with van der Waals surface area (Å²) >= 11 is 5.84. The molecule has 0 aliphatic carbocycles. The van der Waals surface area contributed by atoms with Crippen LogP contribution in [0.5, 0.6) is 0 Å². The second kappa shape index (κ2) is 7.04. The molecule has 7 nitrogen and oxygen atoms in total. The molecule has 1 aliphatic rings. The zero-order valence-electron chi connectivity index (χ0n) is 12.2. The molecule has 0 saturated carbocycles. The van der Waals surface area contributed by atoms with Gasteiger partial charge in [-0.1, -0.05) is 11.6 Å². The van der Waals surface area contributed by atoms with Gasteiger partial charge in [-0.3, -0.25) is 14.9 Å². The predicted octanol–water partition coefficient (Wildman–Crippen LogP) is 1.75. The molecule has 1 heterocycles. The summed E-state index contributed by atoms with van der Waals surface area (Å²) in [6.45, 7) is 1.66. The molecule has 1 aromatic rings. The first kappa shape index (κ1) is 16.7. The summed E-state index contributed by atoms with van der Waals surface area (Å²) in [5.41, 5.74) is -0.622. The number of methoxy groups -OCH3 is 1. The fourth-order valence-electron chi connectivity index (χ4n) is 2.66. The van der Waals surface area contributed by atoms with Gasteiger partial charge in [0.15, 0.2) is 0 Å². The second-order valence-electron chi connectivity index (χ2n) is 5.34. The van der Waals surface area contributed by atoms with Crippen LogP contribution in [0, 0.1) is 10.1 Å². The molecule has 1 aromatic carbocycles. The minimum atomic E-state index is -0.593. The Morgan fingerprint density at radius 1 is 1.59 bits per heavy atom. The number of amides is 1. The van der Waals surface area contributed by atoms with Gasteiger partial charge in [0.05, 0.1) is 17.1 Å². The maximum absolute atomic E-state index is 12.3. The third kappa shape index (κ3) is 3.73. The molecule has 22 heavy (non-hydrogen) atoms. The number of rotatable bonds is 6. The molecule has 2 N–H and O–H groups in total. The van der Waals surface area contributed by atoms with Crippen LogP contribution >= 0.6 is 11.6 Å². The van der Waals surface area contributed by atoms with E-state index in [1.807, 2.05) is 0 Å². The summed E-state index contributed by atoms with van der Waals surface area (Å²) < 4.78 is 5.21. The van der Waals surface area contributed by atoms with Crippen molar-refractivity contribution >= 4 is 23.2 Å². The van der Waals surface area contributed by atoms with E-state index in [1.54, 1.807) is 7.11 Å². The lowest BCUT2D eigenvalue weighted by atomic mass is 9.98. The molecule has 8 heteroatoms. The number of benzene rings is 1. The zero-order chi connectivity index (χ0) is 16.2. The number of hydrogen-bond acceptors (Lipinski definition) is 5.